The minimum Gasteiger partial charge on any atom is -0.484 e. The number of primary sulfonamides is 1. The normalized spacial score (nSPS) is 11.4. The van der Waals surface area contributed by atoms with Gasteiger partial charge in [-0.25, -0.2) is 13.6 Å². The summed E-state index contributed by atoms with van der Waals surface area (Å²) in [5.74, 6) is -0.122. The predicted molar refractivity (Wildman–Crippen MR) is 79.8 cm³/mol. The van der Waals surface area contributed by atoms with Crippen molar-refractivity contribution in [2.75, 3.05) is 25.6 Å². The van der Waals surface area contributed by atoms with Crippen LogP contribution in [-0.2, 0) is 14.8 Å². The van der Waals surface area contributed by atoms with Crippen LogP contribution in [-0.4, -0.2) is 38.9 Å². The van der Waals surface area contributed by atoms with Gasteiger partial charge in [0.15, 0.2) is 5.75 Å². The molecule has 0 spiro atoms. The van der Waals surface area contributed by atoms with Crippen LogP contribution in [0.4, 0.5) is 5.69 Å². The number of hydrogen-bond donors (Lipinski definition) is 1. The van der Waals surface area contributed by atoms with Crippen molar-refractivity contribution in [2.24, 2.45) is 5.14 Å². The van der Waals surface area contributed by atoms with E-state index < -0.39 is 14.9 Å². The molecular formula is C11H15BrN2O6S. The number of ether oxygens (including phenoxy) is 2. The zero-order valence-electron chi connectivity index (χ0n) is 11.2. The highest BCUT2D eigenvalue weighted by atomic mass is 79.9. The van der Waals surface area contributed by atoms with Crippen molar-refractivity contribution in [3.63, 3.8) is 0 Å². The van der Waals surface area contributed by atoms with Crippen LogP contribution in [0.5, 0.6) is 5.75 Å². The lowest BCUT2D eigenvalue weighted by Gasteiger charge is -2.10. The molecule has 0 aliphatic heterocycles. The van der Waals surface area contributed by atoms with Crippen molar-refractivity contribution in [3.8, 4) is 5.75 Å². The summed E-state index contributed by atoms with van der Waals surface area (Å²) >= 11 is 3.18. The van der Waals surface area contributed by atoms with Gasteiger partial charge >= 0.3 is 5.69 Å². The third-order valence-corrected chi connectivity index (χ3v) is 3.60. The van der Waals surface area contributed by atoms with E-state index in [-0.39, 0.29) is 37.0 Å². The fourth-order valence-corrected chi connectivity index (χ4v) is 2.43. The quantitative estimate of drug-likeness (QED) is 0.411. The summed E-state index contributed by atoms with van der Waals surface area (Å²) in [6, 6.07) is 3.05. The average Bonchev–Trinajstić information content (AvgIpc) is 2.33. The van der Waals surface area contributed by atoms with E-state index >= 15 is 0 Å². The Bertz CT molecular complexity index is 619. The molecule has 0 atom stereocenters. The molecule has 118 valence electrons. The van der Waals surface area contributed by atoms with Crippen LogP contribution < -0.4 is 9.88 Å². The van der Waals surface area contributed by atoms with E-state index in [1.165, 1.54) is 6.07 Å². The van der Waals surface area contributed by atoms with E-state index in [4.69, 9.17) is 14.6 Å². The number of sulfonamides is 1. The Balaban J connectivity index is 2.54. The third kappa shape index (κ3) is 6.38. The average molecular weight is 383 g/mol. The molecule has 8 nitrogen and oxygen atoms in total. The minimum atomic E-state index is -3.55. The number of nitro benzene ring substituents is 1. The van der Waals surface area contributed by atoms with Gasteiger partial charge in [-0.3, -0.25) is 10.1 Å². The first-order valence-corrected chi connectivity index (χ1v) is 8.37. The van der Waals surface area contributed by atoms with Crippen LogP contribution in [0, 0.1) is 17.0 Å². The van der Waals surface area contributed by atoms with Crippen molar-refractivity contribution in [3.05, 3.63) is 32.3 Å². The second-order valence-corrected chi connectivity index (χ2v) is 6.81. The number of aryl methyl sites for hydroxylation is 1. The highest BCUT2D eigenvalue weighted by Gasteiger charge is 2.18. The molecule has 0 heterocycles. The number of halogens is 1. The Morgan fingerprint density at radius 3 is 2.57 bits per heavy atom. The van der Waals surface area contributed by atoms with Gasteiger partial charge in [-0.1, -0.05) is 15.9 Å². The molecular weight excluding hydrogens is 368 g/mol. The lowest BCUT2D eigenvalue weighted by atomic mass is 10.2. The molecule has 0 saturated heterocycles. The van der Waals surface area contributed by atoms with E-state index in [0.717, 1.165) is 0 Å². The fraction of sp³-hybridized carbons (Fsp3) is 0.455. The molecule has 2 N–H and O–H groups in total. The third-order valence-electron chi connectivity index (χ3n) is 2.40. The van der Waals surface area contributed by atoms with E-state index in [0.29, 0.717) is 10.0 Å². The zero-order chi connectivity index (χ0) is 16.0. The highest BCUT2D eigenvalue weighted by Crippen LogP contribution is 2.33. The maximum atomic E-state index is 11.0. The maximum absolute atomic E-state index is 11.0. The summed E-state index contributed by atoms with van der Waals surface area (Å²) < 4.78 is 32.3. The zero-order valence-corrected chi connectivity index (χ0v) is 13.6. The highest BCUT2D eigenvalue weighted by molar-refractivity contribution is 9.10. The van der Waals surface area contributed by atoms with Crippen molar-refractivity contribution in [1.29, 1.82) is 0 Å². The first-order chi connectivity index (χ1) is 9.70. The first-order valence-electron chi connectivity index (χ1n) is 5.86. The largest absolute Gasteiger partial charge is 0.484 e. The fourth-order valence-electron chi connectivity index (χ4n) is 1.52. The van der Waals surface area contributed by atoms with Crippen LogP contribution in [0.2, 0.25) is 0 Å². The van der Waals surface area contributed by atoms with Gasteiger partial charge in [-0.05, 0) is 18.6 Å². The molecule has 10 heteroatoms. The van der Waals surface area contributed by atoms with Crippen LogP contribution >= 0.6 is 15.9 Å². The SMILES string of the molecule is Cc1cc(Br)cc([N+](=O)[O-])c1OCCOCCS(N)(=O)=O. The van der Waals surface area contributed by atoms with Gasteiger partial charge in [0.2, 0.25) is 10.0 Å². The van der Waals surface area contributed by atoms with Crippen LogP contribution in [0.3, 0.4) is 0 Å². The standard InChI is InChI=1S/C11H15BrN2O6S/c1-8-6-9(12)7-10(14(15)16)11(8)20-3-2-19-4-5-21(13,17)18/h6-7H,2-5H2,1H3,(H2,13,17,18). The van der Waals surface area contributed by atoms with Gasteiger partial charge in [-0.2, -0.15) is 0 Å². The molecule has 0 saturated carbocycles. The topological polar surface area (TPSA) is 122 Å². The monoisotopic (exact) mass is 382 g/mol. The Morgan fingerprint density at radius 1 is 1.33 bits per heavy atom. The summed E-state index contributed by atoms with van der Waals surface area (Å²) in [7, 11) is -3.55. The maximum Gasteiger partial charge on any atom is 0.312 e. The van der Waals surface area contributed by atoms with Crippen LogP contribution in [0.15, 0.2) is 16.6 Å². The number of benzene rings is 1. The lowest BCUT2D eigenvalue weighted by molar-refractivity contribution is -0.386. The Morgan fingerprint density at radius 2 is 2.00 bits per heavy atom. The predicted octanol–water partition coefficient (Wildman–Crippen LogP) is 1.35. The summed E-state index contributed by atoms with van der Waals surface area (Å²) in [5.41, 5.74) is 0.465. The van der Waals surface area contributed by atoms with Crippen molar-refractivity contribution < 1.29 is 22.8 Å². The van der Waals surface area contributed by atoms with Crippen LogP contribution in [0.1, 0.15) is 5.56 Å². The second-order valence-electron chi connectivity index (χ2n) is 4.16. The van der Waals surface area contributed by atoms with E-state index in [1.54, 1.807) is 13.0 Å². The first kappa shape index (κ1) is 17.8. The van der Waals surface area contributed by atoms with E-state index in [9.17, 15) is 18.5 Å². The summed E-state index contributed by atoms with van der Waals surface area (Å²) in [6.45, 7) is 1.80. The Kier molecular flexibility index (Phi) is 6.52. The lowest BCUT2D eigenvalue weighted by Crippen LogP contribution is -2.21. The molecule has 1 rings (SSSR count). The number of rotatable bonds is 8. The number of nitrogens with two attached hydrogens (primary N) is 1. The minimum absolute atomic E-state index is 0.0520. The molecule has 0 bridgehead atoms. The van der Waals surface area contributed by atoms with Crippen LogP contribution in [0.25, 0.3) is 0 Å². The second kappa shape index (κ2) is 7.69. The van der Waals surface area contributed by atoms with Gasteiger partial charge in [0.25, 0.3) is 0 Å². The van der Waals surface area contributed by atoms with E-state index in [1.807, 2.05) is 0 Å². The van der Waals surface area contributed by atoms with Crippen molar-refractivity contribution in [1.82, 2.24) is 0 Å². The number of nitrogens with zero attached hydrogens (tertiary/aromatic N) is 1. The van der Waals surface area contributed by atoms with E-state index in [2.05, 4.69) is 15.9 Å². The number of hydrogen-bond acceptors (Lipinski definition) is 6. The van der Waals surface area contributed by atoms with Gasteiger partial charge in [-0.15, -0.1) is 0 Å². The van der Waals surface area contributed by atoms with Crippen molar-refractivity contribution in [2.45, 2.75) is 6.92 Å². The molecule has 1 aromatic carbocycles. The van der Waals surface area contributed by atoms with Crippen molar-refractivity contribution >= 4 is 31.6 Å². The molecule has 0 unspecified atom stereocenters. The molecule has 0 fully saturated rings. The van der Waals surface area contributed by atoms with Gasteiger partial charge in [0.1, 0.15) is 6.61 Å². The molecule has 0 aliphatic rings. The molecule has 1 aromatic rings. The summed E-state index contributed by atoms with van der Waals surface area (Å²) in [4.78, 5) is 10.4. The van der Waals surface area contributed by atoms with Gasteiger partial charge in [0.05, 0.1) is 23.9 Å². The molecule has 21 heavy (non-hydrogen) atoms. The summed E-state index contributed by atoms with van der Waals surface area (Å²) in [5, 5.41) is 15.8. The Labute approximate surface area is 130 Å². The molecule has 0 radical (unpaired) electrons. The van der Waals surface area contributed by atoms with Gasteiger partial charge < -0.3 is 9.47 Å². The molecule has 0 aliphatic carbocycles. The van der Waals surface area contributed by atoms with Gasteiger partial charge in [0, 0.05) is 10.5 Å². The molecule has 0 aromatic heterocycles. The number of nitro groups is 1. The Hall–Kier alpha value is -1.23. The summed E-state index contributed by atoms with van der Waals surface area (Å²) in [6.07, 6.45) is 0. The molecule has 0 amide bonds. The smallest absolute Gasteiger partial charge is 0.312 e.